The minimum Gasteiger partial charge on any atom is -0.476 e. The Labute approximate surface area is 176 Å². The average molecular weight is 480 g/mol. The highest BCUT2D eigenvalue weighted by atomic mass is 127. The molecule has 0 saturated carbocycles. The quantitative estimate of drug-likeness (QED) is 0.309. The van der Waals surface area contributed by atoms with Gasteiger partial charge in [-0.2, -0.15) is 0 Å². The molecule has 0 aliphatic carbocycles. The van der Waals surface area contributed by atoms with E-state index in [0.29, 0.717) is 9.53 Å². The lowest BCUT2D eigenvalue weighted by Crippen LogP contribution is -2.33. The maximum absolute atomic E-state index is 12.1. The van der Waals surface area contributed by atoms with E-state index in [-0.39, 0.29) is 5.69 Å². The van der Waals surface area contributed by atoms with E-state index in [2.05, 4.69) is 9.97 Å². The van der Waals surface area contributed by atoms with Gasteiger partial charge in [-0.05, 0) is 39.3 Å². The largest absolute Gasteiger partial charge is 0.476 e. The molecule has 138 valence electrons. The predicted molar refractivity (Wildman–Crippen MR) is 117 cm³/mol. The number of imidazole rings is 1. The van der Waals surface area contributed by atoms with Crippen molar-refractivity contribution in [1.82, 2.24) is 9.97 Å². The maximum Gasteiger partial charge on any atom is 0.356 e. The first kappa shape index (κ1) is 18.4. The standard InChI is InChI=1S/C23H17IN2O2/c24-22-25-19(21(27)28)20(26-22)23(16-10-4-1-5-11-16,17-12-6-2-7-13-17)18-14-8-3-9-15-18/h1-15H,(H,25,26)(H,27,28). The summed E-state index contributed by atoms with van der Waals surface area (Å²) in [5, 5.41) is 9.90. The number of halogens is 1. The van der Waals surface area contributed by atoms with Crippen molar-refractivity contribution in [2.45, 2.75) is 5.41 Å². The lowest BCUT2D eigenvalue weighted by Gasteiger charge is -2.35. The summed E-state index contributed by atoms with van der Waals surface area (Å²) in [4.78, 5) is 19.6. The molecule has 0 aliphatic heterocycles. The van der Waals surface area contributed by atoms with E-state index in [1.54, 1.807) is 0 Å². The summed E-state index contributed by atoms with van der Waals surface area (Å²) in [7, 11) is 0. The second-order valence-corrected chi connectivity index (χ2v) is 7.43. The van der Waals surface area contributed by atoms with Crippen LogP contribution in [0.3, 0.4) is 0 Å². The Morgan fingerprint density at radius 1 is 0.786 bits per heavy atom. The summed E-state index contributed by atoms with van der Waals surface area (Å²) in [5.41, 5.74) is 2.64. The number of nitrogens with zero attached hydrogens (tertiary/aromatic N) is 1. The van der Waals surface area contributed by atoms with Crippen LogP contribution in [-0.4, -0.2) is 21.0 Å². The number of aromatic carboxylic acids is 1. The van der Waals surface area contributed by atoms with Crippen molar-refractivity contribution in [2.75, 3.05) is 0 Å². The van der Waals surface area contributed by atoms with Crippen molar-refractivity contribution in [1.29, 1.82) is 0 Å². The van der Waals surface area contributed by atoms with Crippen molar-refractivity contribution in [3.05, 3.63) is 123 Å². The van der Waals surface area contributed by atoms with Gasteiger partial charge in [0.2, 0.25) is 0 Å². The van der Waals surface area contributed by atoms with E-state index in [1.807, 2.05) is 114 Å². The van der Waals surface area contributed by atoms with Crippen LogP contribution in [0.1, 0.15) is 32.9 Å². The molecule has 0 unspecified atom stereocenters. The Kier molecular flexibility index (Phi) is 5.00. The zero-order valence-corrected chi connectivity index (χ0v) is 17.0. The molecule has 0 amide bonds. The van der Waals surface area contributed by atoms with Crippen LogP contribution < -0.4 is 0 Å². The predicted octanol–water partition coefficient (Wildman–Crippen LogP) is 5.10. The summed E-state index contributed by atoms with van der Waals surface area (Å²) in [6, 6.07) is 29.9. The molecular formula is C23H17IN2O2. The number of carbonyl (C=O) groups is 1. The summed E-state index contributed by atoms with van der Waals surface area (Å²) < 4.78 is 0.539. The SMILES string of the molecule is O=C(O)c1nc(I)[nH]c1C(c1ccccc1)(c1ccccc1)c1ccccc1. The number of carboxylic acids is 1. The van der Waals surface area contributed by atoms with Crippen LogP contribution in [-0.2, 0) is 5.41 Å². The minimum atomic E-state index is -1.05. The molecular weight excluding hydrogens is 463 g/mol. The van der Waals surface area contributed by atoms with E-state index >= 15 is 0 Å². The number of hydrogen-bond donors (Lipinski definition) is 2. The number of benzene rings is 3. The van der Waals surface area contributed by atoms with Gasteiger partial charge in [0.05, 0.1) is 11.1 Å². The number of aromatic amines is 1. The number of H-pyrrole nitrogens is 1. The first-order valence-electron chi connectivity index (χ1n) is 8.80. The van der Waals surface area contributed by atoms with Crippen LogP contribution in [0.2, 0.25) is 0 Å². The summed E-state index contributed by atoms with van der Waals surface area (Å²) >= 11 is 2.03. The van der Waals surface area contributed by atoms with Crippen molar-refractivity contribution >= 4 is 28.6 Å². The van der Waals surface area contributed by atoms with Gasteiger partial charge in [-0.1, -0.05) is 91.0 Å². The molecule has 5 heteroatoms. The van der Waals surface area contributed by atoms with Crippen LogP contribution in [0.5, 0.6) is 0 Å². The van der Waals surface area contributed by atoms with Gasteiger partial charge in [0, 0.05) is 0 Å². The zero-order valence-electron chi connectivity index (χ0n) is 14.8. The first-order valence-corrected chi connectivity index (χ1v) is 9.87. The zero-order chi connectivity index (χ0) is 19.6. The fraction of sp³-hybridized carbons (Fsp3) is 0.0435. The van der Waals surface area contributed by atoms with Crippen molar-refractivity contribution in [2.24, 2.45) is 0 Å². The lowest BCUT2D eigenvalue weighted by atomic mass is 9.66. The molecule has 4 rings (SSSR count). The van der Waals surface area contributed by atoms with Gasteiger partial charge < -0.3 is 10.1 Å². The first-order chi connectivity index (χ1) is 13.6. The number of hydrogen-bond acceptors (Lipinski definition) is 2. The molecule has 0 radical (unpaired) electrons. The van der Waals surface area contributed by atoms with Crippen LogP contribution in [0.25, 0.3) is 0 Å². The van der Waals surface area contributed by atoms with E-state index < -0.39 is 11.4 Å². The monoisotopic (exact) mass is 480 g/mol. The molecule has 0 fully saturated rings. The van der Waals surface area contributed by atoms with E-state index in [4.69, 9.17) is 0 Å². The summed E-state index contributed by atoms with van der Waals surface area (Å²) in [5.74, 6) is -1.05. The highest BCUT2D eigenvalue weighted by Gasteiger charge is 2.43. The Bertz CT molecular complexity index is 997. The third-order valence-electron chi connectivity index (χ3n) is 4.87. The average Bonchev–Trinajstić information content (AvgIpc) is 3.13. The topological polar surface area (TPSA) is 66.0 Å². The molecule has 4 aromatic rings. The molecule has 0 saturated heterocycles. The van der Waals surface area contributed by atoms with Gasteiger partial charge in [0.1, 0.15) is 0 Å². The molecule has 0 bridgehead atoms. The molecule has 1 heterocycles. The highest BCUT2D eigenvalue weighted by Crippen LogP contribution is 2.45. The van der Waals surface area contributed by atoms with Crippen LogP contribution in [0.15, 0.2) is 91.0 Å². The lowest BCUT2D eigenvalue weighted by molar-refractivity contribution is 0.0689. The number of nitrogens with one attached hydrogen (secondary N) is 1. The smallest absolute Gasteiger partial charge is 0.356 e. The Balaban J connectivity index is 2.19. The van der Waals surface area contributed by atoms with E-state index in [1.165, 1.54) is 0 Å². The van der Waals surface area contributed by atoms with Gasteiger partial charge >= 0.3 is 5.97 Å². The summed E-state index contributed by atoms with van der Waals surface area (Å²) in [6.45, 7) is 0. The third-order valence-corrected chi connectivity index (χ3v) is 5.38. The molecule has 28 heavy (non-hydrogen) atoms. The molecule has 2 N–H and O–H groups in total. The van der Waals surface area contributed by atoms with Gasteiger partial charge in [0.25, 0.3) is 0 Å². The van der Waals surface area contributed by atoms with E-state index in [9.17, 15) is 9.90 Å². The fourth-order valence-electron chi connectivity index (χ4n) is 3.77. The summed E-state index contributed by atoms with van der Waals surface area (Å²) in [6.07, 6.45) is 0. The van der Waals surface area contributed by atoms with Crippen molar-refractivity contribution in [3.8, 4) is 0 Å². The van der Waals surface area contributed by atoms with Gasteiger partial charge in [-0.3, -0.25) is 0 Å². The van der Waals surface area contributed by atoms with Gasteiger partial charge in [0.15, 0.2) is 9.53 Å². The maximum atomic E-state index is 12.1. The molecule has 3 aromatic carbocycles. The number of aromatic nitrogens is 2. The van der Waals surface area contributed by atoms with Crippen LogP contribution in [0.4, 0.5) is 0 Å². The fourth-order valence-corrected chi connectivity index (χ4v) is 4.28. The molecule has 0 aliphatic rings. The second kappa shape index (κ2) is 7.59. The molecule has 0 atom stereocenters. The Hall–Kier alpha value is -2.93. The van der Waals surface area contributed by atoms with Crippen LogP contribution in [0, 0.1) is 3.83 Å². The van der Waals surface area contributed by atoms with Gasteiger partial charge in [-0.15, -0.1) is 0 Å². The molecule has 4 nitrogen and oxygen atoms in total. The third kappa shape index (κ3) is 3.01. The molecule has 1 aromatic heterocycles. The molecule has 0 spiro atoms. The van der Waals surface area contributed by atoms with Crippen molar-refractivity contribution < 1.29 is 9.90 Å². The number of carboxylic acid groups (broad SMARTS) is 1. The number of rotatable bonds is 5. The normalized spacial score (nSPS) is 11.3. The Morgan fingerprint density at radius 2 is 1.18 bits per heavy atom. The second-order valence-electron chi connectivity index (χ2n) is 6.40. The Morgan fingerprint density at radius 3 is 1.54 bits per heavy atom. The van der Waals surface area contributed by atoms with Crippen LogP contribution >= 0.6 is 22.6 Å². The van der Waals surface area contributed by atoms with Gasteiger partial charge in [-0.25, -0.2) is 9.78 Å². The minimum absolute atomic E-state index is 0.0287. The van der Waals surface area contributed by atoms with Crippen molar-refractivity contribution in [3.63, 3.8) is 0 Å². The van der Waals surface area contributed by atoms with E-state index in [0.717, 1.165) is 16.7 Å². The highest BCUT2D eigenvalue weighted by molar-refractivity contribution is 14.1.